The van der Waals surface area contributed by atoms with Crippen molar-refractivity contribution >= 4 is 17.1 Å². The Hall–Kier alpha value is -3.45. The molecule has 1 heterocycles. The van der Waals surface area contributed by atoms with Gasteiger partial charge in [0.05, 0.1) is 35.8 Å². The second-order valence-electron chi connectivity index (χ2n) is 5.83. The van der Waals surface area contributed by atoms with Gasteiger partial charge in [0.25, 0.3) is 0 Å². The second kappa shape index (κ2) is 5.88. The maximum atomic E-state index is 9.26. The van der Waals surface area contributed by atoms with Gasteiger partial charge in [-0.1, -0.05) is 24.3 Å². The molecular formula is C21H16N2O2. The van der Waals surface area contributed by atoms with Crippen molar-refractivity contribution in [2.45, 2.75) is 6.92 Å². The zero-order chi connectivity index (χ0) is 17.4. The summed E-state index contributed by atoms with van der Waals surface area (Å²) in [6.07, 6.45) is 0. The molecule has 0 radical (unpaired) electrons. The van der Waals surface area contributed by atoms with Gasteiger partial charge in [-0.2, -0.15) is 5.26 Å². The first-order valence-corrected chi connectivity index (χ1v) is 7.97. The Morgan fingerprint density at radius 2 is 1.56 bits per heavy atom. The third-order valence-electron chi connectivity index (χ3n) is 4.27. The van der Waals surface area contributed by atoms with Crippen LogP contribution in [-0.4, -0.2) is 7.11 Å². The van der Waals surface area contributed by atoms with Gasteiger partial charge in [0.1, 0.15) is 5.75 Å². The van der Waals surface area contributed by atoms with Crippen LogP contribution in [0.5, 0.6) is 17.2 Å². The van der Waals surface area contributed by atoms with Gasteiger partial charge in [-0.15, -0.1) is 0 Å². The van der Waals surface area contributed by atoms with Crippen molar-refractivity contribution in [1.82, 2.24) is 0 Å². The topological polar surface area (TPSA) is 45.5 Å². The monoisotopic (exact) mass is 328 g/mol. The van der Waals surface area contributed by atoms with Gasteiger partial charge in [-0.25, -0.2) is 0 Å². The van der Waals surface area contributed by atoms with E-state index in [2.05, 4.69) is 11.0 Å². The van der Waals surface area contributed by atoms with Gasteiger partial charge >= 0.3 is 0 Å². The number of hydrogen-bond donors (Lipinski definition) is 0. The number of fused-ring (bicyclic) bond motifs is 2. The minimum absolute atomic E-state index is 0.577. The molecule has 0 bridgehead atoms. The van der Waals surface area contributed by atoms with Gasteiger partial charge in [0.2, 0.25) is 0 Å². The van der Waals surface area contributed by atoms with Crippen molar-refractivity contribution in [3.05, 3.63) is 71.8 Å². The van der Waals surface area contributed by atoms with Crippen molar-refractivity contribution in [3.8, 4) is 23.3 Å². The predicted octanol–water partition coefficient (Wildman–Crippen LogP) is 5.45. The second-order valence-corrected chi connectivity index (χ2v) is 5.83. The van der Waals surface area contributed by atoms with Gasteiger partial charge in [-0.3, -0.25) is 4.90 Å². The summed E-state index contributed by atoms with van der Waals surface area (Å²) in [7, 11) is 1.62. The lowest BCUT2D eigenvalue weighted by atomic mass is 10.0. The SMILES string of the molecule is COc1cc(C#N)cc(C)c1N1c2ccccc2Oc2ccccc21. The van der Waals surface area contributed by atoms with E-state index in [4.69, 9.17) is 9.47 Å². The standard InChI is InChI=1S/C21H16N2O2/c1-14-11-15(13-22)12-20(24-2)21(14)23-16-7-3-5-9-18(16)25-19-10-6-4-8-17(19)23/h3-12H,1-2H3. The van der Waals surface area contributed by atoms with Crippen molar-refractivity contribution in [2.24, 2.45) is 0 Å². The fourth-order valence-corrected chi connectivity index (χ4v) is 3.20. The van der Waals surface area contributed by atoms with E-state index < -0.39 is 0 Å². The molecule has 1 aliphatic heterocycles. The normalized spacial score (nSPS) is 11.8. The van der Waals surface area contributed by atoms with Crippen LogP contribution in [0.3, 0.4) is 0 Å². The van der Waals surface area contributed by atoms with Crippen LogP contribution in [0.25, 0.3) is 0 Å². The third-order valence-corrected chi connectivity index (χ3v) is 4.27. The number of rotatable bonds is 2. The van der Waals surface area contributed by atoms with E-state index in [1.807, 2.05) is 61.5 Å². The summed E-state index contributed by atoms with van der Waals surface area (Å²) in [4.78, 5) is 2.13. The molecule has 0 atom stereocenters. The highest BCUT2D eigenvalue weighted by Gasteiger charge is 2.28. The molecule has 0 unspecified atom stereocenters. The Morgan fingerprint density at radius 1 is 0.960 bits per heavy atom. The number of hydrogen-bond acceptors (Lipinski definition) is 4. The summed E-state index contributed by atoms with van der Waals surface area (Å²) in [5.74, 6) is 2.22. The molecule has 1 aliphatic rings. The van der Waals surface area contributed by atoms with Crippen LogP contribution in [-0.2, 0) is 0 Å². The van der Waals surface area contributed by atoms with E-state index in [9.17, 15) is 5.26 Å². The smallest absolute Gasteiger partial charge is 0.151 e. The van der Waals surface area contributed by atoms with Crippen molar-refractivity contribution in [3.63, 3.8) is 0 Å². The first-order valence-electron chi connectivity index (χ1n) is 7.97. The Balaban J connectivity index is 2.02. The van der Waals surface area contributed by atoms with Crippen LogP contribution < -0.4 is 14.4 Å². The average Bonchev–Trinajstić information content (AvgIpc) is 2.65. The molecule has 0 saturated carbocycles. The maximum Gasteiger partial charge on any atom is 0.151 e. The van der Waals surface area contributed by atoms with E-state index in [0.717, 1.165) is 34.1 Å². The first-order chi connectivity index (χ1) is 12.2. The Morgan fingerprint density at radius 3 is 2.12 bits per heavy atom. The van der Waals surface area contributed by atoms with Gasteiger partial charge in [0.15, 0.2) is 11.5 Å². The highest BCUT2D eigenvalue weighted by molar-refractivity contribution is 5.89. The molecule has 0 N–H and O–H groups in total. The summed E-state index contributed by atoms with van der Waals surface area (Å²) < 4.78 is 11.7. The molecule has 0 aliphatic carbocycles. The molecule has 0 amide bonds. The van der Waals surface area contributed by atoms with E-state index in [0.29, 0.717) is 11.3 Å². The fraction of sp³-hybridized carbons (Fsp3) is 0.0952. The van der Waals surface area contributed by atoms with Crippen LogP contribution >= 0.6 is 0 Å². The molecule has 4 nitrogen and oxygen atoms in total. The van der Waals surface area contributed by atoms with E-state index >= 15 is 0 Å². The summed E-state index contributed by atoms with van der Waals surface area (Å²) >= 11 is 0. The highest BCUT2D eigenvalue weighted by atomic mass is 16.5. The van der Waals surface area contributed by atoms with E-state index in [1.54, 1.807) is 13.2 Å². The number of nitrogens with zero attached hydrogens (tertiary/aromatic N) is 2. The molecule has 0 saturated heterocycles. The number of benzene rings is 3. The summed E-state index contributed by atoms with van der Waals surface area (Å²) in [6.45, 7) is 1.99. The first kappa shape index (κ1) is 15.1. The maximum absolute atomic E-state index is 9.26. The Labute approximate surface area is 146 Å². The molecule has 0 spiro atoms. The zero-order valence-corrected chi connectivity index (χ0v) is 14.0. The lowest BCUT2D eigenvalue weighted by molar-refractivity contribution is 0.415. The molecular weight excluding hydrogens is 312 g/mol. The Bertz CT molecular complexity index is 960. The lowest BCUT2D eigenvalue weighted by Gasteiger charge is -2.34. The van der Waals surface area contributed by atoms with Crippen LogP contribution in [0.15, 0.2) is 60.7 Å². The van der Waals surface area contributed by atoms with Crippen molar-refractivity contribution in [1.29, 1.82) is 5.26 Å². The molecule has 3 aromatic rings. The predicted molar refractivity (Wildman–Crippen MR) is 97.2 cm³/mol. The molecule has 0 aromatic heterocycles. The third kappa shape index (κ3) is 2.38. The Kier molecular flexibility index (Phi) is 3.55. The number of para-hydroxylation sites is 4. The summed E-state index contributed by atoms with van der Waals surface area (Å²) in [5.41, 5.74) is 4.32. The number of ether oxygens (including phenoxy) is 2. The fourth-order valence-electron chi connectivity index (χ4n) is 3.20. The summed E-state index contributed by atoms with van der Waals surface area (Å²) in [5, 5.41) is 9.26. The number of aryl methyl sites for hydroxylation is 1. The lowest BCUT2D eigenvalue weighted by Crippen LogP contribution is -2.17. The van der Waals surface area contributed by atoms with Crippen LogP contribution in [0, 0.1) is 18.3 Å². The van der Waals surface area contributed by atoms with E-state index in [-0.39, 0.29) is 0 Å². The van der Waals surface area contributed by atoms with Gasteiger partial charge < -0.3 is 9.47 Å². The highest BCUT2D eigenvalue weighted by Crippen LogP contribution is 2.53. The number of methoxy groups -OCH3 is 1. The molecule has 0 fully saturated rings. The van der Waals surface area contributed by atoms with Crippen LogP contribution in [0.4, 0.5) is 17.1 Å². The van der Waals surface area contributed by atoms with E-state index in [1.165, 1.54) is 0 Å². The molecule has 122 valence electrons. The van der Waals surface area contributed by atoms with Gasteiger partial charge in [-0.05, 0) is 42.8 Å². The largest absolute Gasteiger partial charge is 0.495 e. The molecule has 3 aromatic carbocycles. The van der Waals surface area contributed by atoms with Crippen LogP contribution in [0.2, 0.25) is 0 Å². The zero-order valence-electron chi connectivity index (χ0n) is 14.0. The van der Waals surface area contributed by atoms with Crippen molar-refractivity contribution < 1.29 is 9.47 Å². The molecule has 4 rings (SSSR count). The minimum Gasteiger partial charge on any atom is -0.495 e. The number of anilines is 3. The minimum atomic E-state index is 0.577. The quantitative estimate of drug-likeness (QED) is 0.491. The average molecular weight is 328 g/mol. The summed E-state index contributed by atoms with van der Waals surface area (Å²) in [6, 6.07) is 21.6. The van der Waals surface area contributed by atoms with Crippen molar-refractivity contribution in [2.75, 3.05) is 12.0 Å². The molecule has 4 heteroatoms. The molecule has 25 heavy (non-hydrogen) atoms. The van der Waals surface area contributed by atoms with Crippen LogP contribution in [0.1, 0.15) is 11.1 Å². The number of nitriles is 1. The van der Waals surface area contributed by atoms with Gasteiger partial charge in [0, 0.05) is 6.07 Å².